The molecule has 0 spiro atoms. The number of hydrogen-bond donors (Lipinski definition) is 2. The number of hydrogen-bond acceptors (Lipinski definition) is 4. The minimum Gasteiger partial charge on any atom is -0.455 e. The van der Waals surface area contributed by atoms with E-state index in [0.29, 0.717) is 18.0 Å². The van der Waals surface area contributed by atoms with Crippen LogP contribution in [0.5, 0.6) is 11.5 Å². The van der Waals surface area contributed by atoms with Gasteiger partial charge in [-0.15, -0.1) is 0 Å². The monoisotopic (exact) mass is 365 g/mol. The average molecular weight is 365 g/mol. The van der Waals surface area contributed by atoms with Crippen molar-refractivity contribution < 1.29 is 13.9 Å². The van der Waals surface area contributed by atoms with E-state index in [1.807, 2.05) is 24.3 Å². The summed E-state index contributed by atoms with van der Waals surface area (Å²) in [7, 11) is 0. The summed E-state index contributed by atoms with van der Waals surface area (Å²) in [6.07, 6.45) is 2.28. The Kier molecular flexibility index (Phi) is 6.12. The predicted octanol–water partition coefficient (Wildman–Crippen LogP) is 3.44. The van der Waals surface area contributed by atoms with E-state index in [-0.39, 0.29) is 11.5 Å². The summed E-state index contributed by atoms with van der Waals surface area (Å²) in [4.78, 5) is 15.1. The maximum atomic E-state index is 12.9. The lowest BCUT2D eigenvalue weighted by Gasteiger charge is -2.12. The fraction of sp³-hybridized carbons (Fsp3) is 0.143. The summed E-state index contributed by atoms with van der Waals surface area (Å²) < 4.78 is 18.8. The van der Waals surface area contributed by atoms with E-state index in [1.54, 1.807) is 18.2 Å². The molecule has 0 saturated carbocycles. The Hall–Kier alpha value is -3.25. The van der Waals surface area contributed by atoms with Gasteiger partial charge in [-0.05, 0) is 48.9 Å². The normalized spacial score (nSPS) is 10.6. The molecule has 27 heavy (non-hydrogen) atoms. The quantitative estimate of drug-likeness (QED) is 0.600. The Morgan fingerprint density at radius 1 is 1.07 bits per heavy atom. The number of benzene rings is 2. The number of carbonyl (C=O) groups is 1. The highest BCUT2D eigenvalue weighted by Gasteiger charge is 2.06. The van der Waals surface area contributed by atoms with Crippen molar-refractivity contribution in [2.45, 2.75) is 13.0 Å². The van der Waals surface area contributed by atoms with Gasteiger partial charge in [0, 0.05) is 12.1 Å². The lowest BCUT2D eigenvalue weighted by molar-refractivity contribution is 0.0995. The van der Waals surface area contributed by atoms with Crippen LogP contribution in [0.25, 0.3) is 0 Å². The Morgan fingerprint density at radius 3 is 2.56 bits per heavy atom. The molecule has 2 aromatic carbocycles. The van der Waals surface area contributed by atoms with Crippen LogP contribution in [0.3, 0.4) is 0 Å². The summed E-state index contributed by atoms with van der Waals surface area (Å²) in [6, 6.07) is 17.4. The number of ether oxygens (including phenoxy) is 1. The first-order chi connectivity index (χ1) is 13.1. The lowest BCUT2D eigenvalue weighted by atomic mass is 10.1. The second-order valence-electron chi connectivity index (χ2n) is 6.01. The van der Waals surface area contributed by atoms with Gasteiger partial charge in [0.2, 0.25) is 0 Å². The maximum absolute atomic E-state index is 12.9. The number of nitrogens with two attached hydrogens (primary N) is 1. The van der Waals surface area contributed by atoms with Crippen molar-refractivity contribution in [3.05, 3.63) is 89.5 Å². The molecule has 138 valence electrons. The van der Waals surface area contributed by atoms with Crippen molar-refractivity contribution in [1.29, 1.82) is 0 Å². The number of aromatic nitrogens is 1. The Labute approximate surface area is 157 Å². The Bertz CT molecular complexity index is 896. The largest absolute Gasteiger partial charge is 0.455 e. The summed E-state index contributed by atoms with van der Waals surface area (Å²) in [5.74, 6) is 0.433. The molecular weight excluding hydrogens is 345 g/mol. The number of halogens is 1. The van der Waals surface area contributed by atoms with E-state index in [1.165, 1.54) is 24.4 Å². The molecule has 0 saturated heterocycles. The molecule has 1 heterocycles. The minimum atomic E-state index is -0.577. The third kappa shape index (κ3) is 5.36. The van der Waals surface area contributed by atoms with Gasteiger partial charge < -0.3 is 15.8 Å². The molecule has 1 amide bonds. The van der Waals surface area contributed by atoms with Gasteiger partial charge in [-0.25, -0.2) is 9.37 Å². The molecule has 0 bridgehead atoms. The zero-order valence-corrected chi connectivity index (χ0v) is 14.7. The molecule has 0 aliphatic carbocycles. The average Bonchev–Trinajstić information content (AvgIpc) is 2.68. The third-order valence-corrected chi connectivity index (χ3v) is 4.01. The van der Waals surface area contributed by atoms with Crippen LogP contribution < -0.4 is 15.8 Å². The molecular formula is C21H20FN3O2. The van der Waals surface area contributed by atoms with Crippen molar-refractivity contribution in [1.82, 2.24) is 10.3 Å². The number of para-hydroxylation sites is 1. The van der Waals surface area contributed by atoms with Crippen molar-refractivity contribution in [2.75, 3.05) is 6.54 Å². The molecule has 0 radical (unpaired) electrons. The molecule has 0 atom stereocenters. The van der Waals surface area contributed by atoms with Crippen LogP contribution >= 0.6 is 0 Å². The zero-order valence-electron chi connectivity index (χ0n) is 14.7. The van der Waals surface area contributed by atoms with Gasteiger partial charge in [0.15, 0.2) is 0 Å². The first-order valence-corrected chi connectivity index (χ1v) is 8.58. The van der Waals surface area contributed by atoms with Crippen LogP contribution in [0.2, 0.25) is 0 Å². The van der Waals surface area contributed by atoms with Gasteiger partial charge in [-0.1, -0.05) is 30.3 Å². The standard InChI is InChI=1S/C21H20FN3O2/c22-17-7-5-15(6-8-17)11-12-24-13-16-3-1-2-4-20(16)27-18-9-10-19(21(23)26)25-14-18/h1-10,14,24H,11-13H2,(H2,23,26). The molecule has 3 N–H and O–H groups in total. The molecule has 0 fully saturated rings. The van der Waals surface area contributed by atoms with Crippen LogP contribution in [0.15, 0.2) is 66.9 Å². The van der Waals surface area contributed by atoms with Crippen LogP contribution in [-0.2, 0) is 13.0 Å². The third-order valence-electron chi connectivity index (χ3n) is 4.01. The van der Waals surface area contributed by atoms with Crippen LogP contribution in [0.1, 0.15) is 21.6 Å². The van der Waals surface area contributed by atoms with Crippen molar-refractivity contribution in [3.63, 3.8) is 0 Å². The highest BCUT2D eigenvalue weighted by atomic mass is 19.1. The number of nitrogens with one attached hydrogen (secondary N) is 1. The Balaban J connectivity index is 1.57. The Morgan fingerprint density at radius 2 is 1.85 bits per heavy atom. The molecule has 0 unspecified atom stereocenters. The number of amides is 1. The fourth-order valence-electron chi connectivity index (χ4n) is 2.57. The lowest BCUT2D eigenvalue weighted by Crippen LogP contribution is -2.17. The van der Waals surface area contributed by atoms with E-state index in [2.05, 4.69) is 10.3 Å². The van der Waals surface area contributed by atoms with Crippen LogP contribution in [0.4, 0.5) is 4.39 Å². The summed E-state index contributed by atoms with van der Waals surface area (Å²) in [6.45, 7) is 1.39. The minimum absolute atomic E-state index is 0.193. The number of carbonyl (C=O) groups excluding carboxylic acids is 1. The highest BCUT2D eigenvalue weighted by Crippen LogP contribution is 2.24. The van der Waals surface area contributed by atoms with Crippen molar-refractivity contribution in [3.8, 4) is 11.5 Å². The van der Waals surface area contributed by atoms with Crippen molar-refractivity contribution in [2.24, 2.45) is 5.73 Å². The van der Waals surface area contributed by atoms with E-state index < -0.39 is 5.91 Å². The number of nitrogens with zero attached hydrogens (tertiary/aromatic N) is 1. The van der Waals surface area contributed by atoms with Gasteiger partial charge in [-0.2, -0.15) is 0 Å². The van der Waals surface area contributed by atoms with Gasteiger partial charge in [0.1, 0.15) is 23.0 Å². The molecule has 0 aliphatic rings. The molecule has 1 aromatic heterocycles. The first-order valence-electron chi connectivity index (χ1n) is 8.58. The molecule has 5 nitrogen and oxygen atoms in total. The number of primary amides is 1. The number of pyridine rings is 1. The SMILES string of the molecule is NC(=O)c1ccc(Oc2ccccc2CNCCc2ccc(F)cc2)cn1. The second kappa shape index (κ2) is 8.91. The van der Waals surface area contributed by atoms with E-state index in [4.69, 9.17) is 10.5 Å². The van der Waals surface area contributed by atoms with Gasteiger partial charge in [-0.3, -0.25) is 4.79 Å². The summed E-state index contributed by atoms with van der Waals surface area (Å²) in [5, 5.41) is 3.36. The van der Waals surface area contributed by atoms with Gasteiger partial charge in [0.05, 0.1) is 6.20 Å². The first kappa shape index (κ1) is 18.5. The molecule has 3 aromatic rings. The number of rotatable bonds is 8. The maximum Gasteiger partial charge on any atom is 0.267 e. The van der Waals surface area contributed by atoms with E-state index >= 15 is 0 Å². The fourth-order valence-corrected chi connectivity index (χ4v) is 2.57. The topological polar surface area (TPSA) is 77.2 Å². The smallest absolute Gasteiger partial charge is 0.267 e. The molecule has 6 heteroatoms. The summed E-state index contributed by atoms with van der Waals surface area (Å²) in [5.41, 5.74) is 7.46. The second-order valence-corrected chi connectivity index (χ2v) is 6.01. The molecule has 0 aliphatic heterocycles. The van der Waals surface area contributed by atoms with Gasteiger partial charge >= 0.3 is 0 Å². The van der Waals surface area contributed by atoms with Crippen molar-refractivity contribution >= 4 is 5.91 Å². The van der Waals surface area contributed by atoms with Crippen LogP contribution in [0, 0.1) is 5.82 Å². The van der Waals surface area contributed by atoms with E-state index in [9.17, 15) is 9.18 Å². The van der Waals surface area contributed by atoms with Crippen LogP contribution in [-0.4, -0.2) is 17.4 Å². The van der Waals surface area contributed by atoms with E-state index in [0.717, 1.165) is 24.1 Å². The summed E-state index contributed by atoms with van der Waals surface area (Å²) >= 11 is 0. The highest BCUT2D eigenvalue weighted by molar-refractivity contribution is 5.90. The predicted molar refractivity (Wildman–Crippen MR) is 101 cm³/mol. The zero-order chi connectivity index (χ0) is 19.1. The van der Waals surface area contributed by atoms with Gasteiger partial charge in [0.25, 0.3) is 5.91 Å². The molecule has 3 rings (SSSR count).